The predicted octanol–water partition coefficient (Wildman–Crippen LogP) is 8.40. The van der Waals surface area contributed by atoms with Gasteiger partial charge < -0.3 is 19.1 Å². The monoisotopic (exact) mass is 747 g/mol. The van der Waals surface area contributed by atoms with Gasteiger partial charge in [0.2, 0.25) is 5.91 Å². The second-order valence-electron chi connectivity index (χ2n) is 11.5. The topological polar surface area (TPSA) is 54.8 Å². The van der Waals surface area contributed by atoms with E-state index in [-0.39, 0.29) is 37.7 Å². The summed E-state index contributed by atoms with van der Waals surface area (Å²) in [7, 11) is -3.05. The van der Waals surface area contributed by atoms with Crippen LogP contribution in [0.2, 0.25) is 0 Å². The molecule has 1 saturated heterocycles. The predicted molar refractivity (Wildman–Crippen MR) is 193 cm³/mol. The van der Waals surface area contributed by atoms with Crippen LogP contribution >= 0.6 is 11.8 Å². The third-order valence-electron chi connectivity index (χ3n) is 8.13. The van der Waals surface area contributed by atoms with Gasteiger partial charge in [0.05, 0.1) is 28.2 Å². The van der Waals surface area contributed by atoms with Crippen molar-refractivity contribution in [1.29, 1.82) is 0 Å². The van der Waals surface area contributed by atoms with E-state index in [1.165, 1.54) is 77.4 Å². The molecule has 0 saturated carbocycles. The number of likely N-dealkylation sites (tertiary alicyclic amines) is 1. The van der Waals surface area contributed by atoms with Crippen LogP contribution in [0, 0.1) is 11.6 Å². The van der Waals surface area contributed by atoms with Crippen LogP contribution < -0.4 is 5.43 Å². The van der Waals surface area contributed by atoms with Crippen LogP contribution in [-0.2, 0) is 34.6 Å². The number of methoxy groups -OCH3 is 1. The lowest BCUT2D eigenvalue weighted by Gasteiger charge is -2.39. The first kappa shape index (κ1) is 24.7. The Kier molecular flexibility index (Phi) is 7.80. The van der Waals surface area contributed by atoms with Gasteiger partial charge in [-0.05, 0) is 59.8 Å². The van der Waals surface area contributed by atoms with E-state index in [0.29, 0.717) is 16.0 Å². The van der Waals surface area contributed by atoms with Gasteiger partial charge in [0.25, 0.3) is 0 Å². The summed E-state index contributed by atoms with van der Waals surface area (Å²) in [6.45, 7) is -11.1. The first-order valence-electron chi connectivity index (χ1n) is 21.7. The lowest BCUT2D eigenvalue weighted by molar-refractivity contribution is -0.137. The molecule has 0 aliphatic carbocycles. The van der Waals surface area contributed by atoms with Gasteiger partial charge in [-0.15, -0.1) is 11.8 Å². The minimum atomic E-state index is -4.60. The van der Waals surface area contributed by atoms with Crippen molar-refractivity contribution in [2.24, 2.45) is 0 Å². The molecule has 1 aromatic heterocycles. The highest BCUT2D eigenvalue weighted by Crippen LogP contribution is 2.32. The number of benzene rings is 4. The van der Waals surface area contributed by atoms with Crippen molar-refractivity contribution in [3.8, 4) is 11.1 Å². The molecule has 4 aromatic carbocycles. The van der Waals surface area contributed by atoms with E-state index in [4.69, 9.17) is 9.60 Å². The Labute approximate surface area is 319 Å². The van der Waals surface area contributed by atoms with Crippen LogP contribution in [0.1, 0.15) is 45.9 Å². The molecule has 1 fully saturated rings. The molecule has 52 heavy (non-hydrogen) atoms. The molecule has 0 bridgehead atoms. The average Bonchev–Trinajstić information content (AvgIpc) is 3.21. The van der Waals surface area contributed by atoms with Crippen molar-refractivity contribution >= 4 is 28.6 Å². The number of amides is 1. The maximum Gasteiger partial charge on any atom is 0.416 e. The van der Waals surface area contributed by atoms with Crippen molar-refractivity contribution in [3.05, 3.63) is 136 Å². The number of rotatable bonds is 12. The minimum absolute atomic E-state index is 0.0126. The lowest BCUT2D eigenvalue weighted by Crippen LogP contribution is -2.48. The van der Waals surface area contributed by atoms with Gasteiger partial charge in [0, 0.05) is 72.9 Å². The SMILES string of the molecule is [2H]C([2H])([2H])OCCN1C([2H])([2H])C([2H])([2H])C([2H])(N(Cc2ccc(-c3ccc(C(F)(F)F)cc3)cc2)C(=O)Cn2c(SCc3cccc(F)c3F)cc(=O)c3ccccc32)C([2H])([2H])C1([2H])[2H]. The number of hydrogen-bond acceptors (Lipinski definition) is 5. The quantitative estimate of drug-likeness (QED) is 0.0949. The number of piperidine rings is 1. The van der Waals surface area contributed by atoms with Crippen LogP contribution in [0.3, 0.4) is 0 Å². The average molecular weight is 748 g/mol. The smallest absolute Gasteiger partial charge is 0.383 e. The second-order valence-corrected chi connectivity index (χ2v) is 12.5. The molecule has 5 aromatic rings. The fraction of sp³-hybridized carbons (Fsp3) is 0.300. The minimum Gasteiger partial charge on any atom is -0.383 e. The molecule has 2 heterocycles. The number of fused-ring (bicyclic) bond motifs is 1. The standard InChI is InChI=1S/C40H38F5N3O3S/c1-51-22-21-46-19-17-32(18-20-46)47(24-27-9-11-28(12-10-27)29-13-15-31(16-14-29)40(43,44)45)37(50)25-48-35-8-3-2-6-33(35)36(49)23-38(48)52-26-30-5-4-7-34(41)39(30)42/h2-16,23,32H,17-22,24-26H2,1H3/i1D3,17D2,18D2,19D2,20D2,32D. The van der Waals surface area contributed by atoms with Gasteiger partial charge in [-0.1, -0.05) is 60.7 Å². The third kappa shape index (κ3) is 8.74. The van der Waals surface area contributed by atoms with Gasteiger partial charge in [-0.3, -0.25) is 9.59 Å². The van der Waals surface area contributed by atoms with Gasteiger partial charge >= 0.3 is 6.18 Å². The van der Waals surface area contributed by atoms with Gasteiger partial charge in [0.1, 0.15) is 6.54 Å². The first-order valence-corrected chi connectivity index (χ1v) is 16.7. The molecule has 1 aliphatic heterocycles. The molecule has 6 rings (SSSR count). The maximum atomic E-state index is 15.1. The Morgan fingerprint density at radius 3 is 2.37 bits per heavy atom. The maximum absolute atomic E-state index is 15.1. The number of hydrogen-bond donors (Lipinski definition) is 0. The first-order chi connectivity index (χ1) is 29.6. The van der Waals surface area contributed by atoms with Crippen molar-refractivity contribution in [2.45, 2.75) is 48.8 Å². The molecule has 0 unspecified atom stereocenters. The number of carbonyl (C=O) groups excluding carboxylic acids is 1. The van der Waals surface area contributed by atoms with Gasteiger partial charge in [-0.25, -0.2) is 8.78 Å². The number of nitrogens with zero attached hydrogens (tertiary/aromatic N) is 3. The fourth-order valence-electron chi connectivity index (χ4n) is 5.43. The number of halogens is 5. The third-order valence-corrected chi connectivity index (χ3v) is 9.22. The van der Waals surface area contributed by atoms with E-state index >= 15 is 4.79 Å². The van der Waals surface area contributed by atoms with Crippen LogP contribution in [0.5, 0.6) is 0 Å². The number of aromatic nitrogens is 1. The highest BCUT2D eigenvalue weighted by molar-refractivity contribution is 7.98. The van der Waals surface area contributed by atoms with E-state index in [1.54, 1.807) is 0 Å². The summed E-state index contributed by atoms with van der Waals surface area (Å²) >= 11 is 0.804. The number of thioether (sulfide) groups is 1. The Balaban J connectivity index is 1.48. The number of pyridine rings is 1. The Morgan fingerprint density at radius 1 is 0.981 bits per heavy atom. The molecule has 0 radical (unpaired) electrons. The summed E-state index contributed by atoms with van der Waals surface area (Å²) in [4.78, 5) is 28.8. The zero-order valence-electron chi connectivity index (χ0n) is 39.1. The highest BCUT2D eigenvalue weighted by atomic mass is 32.2. The molecule has 0 spiro atoms. The largest absolute Gasteiger partial charge is 0.416 e. The number of ether oxygens (including phenoxy) is 1. The van der Waals surface area contributed by atoms with E-state index < -0.39 is 99.7 Å². The molecule has 0 N–H and O–H groups in total. The lowest BCUT2D eigenvalue weighted by atomic mass is 10.00. The number of alkyl halides is 3. The molecule has 6 nitrogen and oxygen atoms in total. The molecule has 0 atom stereocenters. The summed E-state index contributed by atoms with van der Waals surface area (Å²) < 4.78 is 179. The van der Waals surface area contributed by atoms with Crippen molar-refractivity contribution in [3.63, 3.8) is 0 Å². The molecule has 272 valence electrons. The molecule has 1 aliphatic rings. The Hall–Kier alpha value is -4.52. The van der Waals surface area contributed by atoms with Crippen molar-refractivity contribution in [1.82, 2.24) is 14.4 Å². The summed E-state index contributed by atoms with van der Waals surface area (Å²) in [5.41, 5.74) is -0.715. The fourth-order valence-corrected chi connectivity index (χ4v) is 6.47. The van der Waals surface area contributed by atoms with Crippen molar-refractivity contribution < 1.29 is 47.9 Å². The van der Waals surface area contributed by atoms with Crippen molar-refractivity contribution in [2.75, 3.05) is 33.2 Å². The summed E-state index contributed by atoms with van der Waals surface area (Å²) in [6, 6.07) is 16.3. The highest BCUT2D eigenvalue weighted by Gasteiger charge is 2.31. The van der Waals surface area contributed by atoms with Crippen LogP contribution in [0.25, 0.3) is 22.0 Å². The van der Waals surface area contributed by atoms with Gasteiger partial charge in [0.15, 0.2) is 17.1 Å². The number of carbonyl (C=O) groups is 1. The van der Waals surface area contributed by atoms with E-state index in [2.05, 4.69) is 4.74 Å². The second kappa shape index (κ2) is 16.4. The Morgan fingerprint density at radius 2 is 1.67 bits per heavy atom. The Bertz CT molecular complexity index is 2570. The normalized spacial score (nSPS) is 22.3. The molecule has 12 heteroatoms. The van der Waals surface area contributed by atoms with E-state index in [0.717, 1.165) is 36.0 Å². The molecular formula is C40H38F5N3O3S. The van der Waals surface area contributed by atoms with Crippen LogP contribution in [0.4, 0.5) is 22.0 Å². The molecule has 1 amide bonds. The zero-order valence-corrected chi connectivity index (χ0v) is 28.0. The van der Waals surface area contributed by atoms with Crippen LogP contribution in [-0.4, -0.2) is 59.5 Å². The molecular weight excluding hydrogens is 698 g/mol. The zero-order chi connectivity index (χ0) is 47.4. The van der Waals surface area contributed by atoms with Gasteiger partial charge in [-0.2, -0.15) is 13.2 Å². The summed E-state index contributed by atoms with van der Waals surface area (Å²) in [5.74, 6) is -3.89. The summed E-state index contributed by atoms with van der Waals surface area (Å²) in [5, 5.41) is 0.0508. The number of para-hydroxylation sites is 1. The van der Waals surface area contributed by atoms with Crippen LogP contribution in [0.15, 0.2) is 107 Å². The van der Waals surface area contributed by atoms with E-state index in [9.17, 15) is 33.6 Å². The van der Waals surface area contributed by atoms with E-state index in [1.807, 2.05) is 0 Å². The summed E-state index contributed by atoms with van der Waals surface area (Å²) in [6.07, 6.45) is -12.3.